The molecule has 0 aliphatic carbocycles. The molecule has 0 bridgehead atoms. The molecule has 0 N–H and O–H groups in total. The van der Waals surface area contributed by atoms with Crippen LogP contribution in [0.1, 0.15) is 0 Å². The van der Waals surface area contributed by atoms with Gasteiger partial charge < -0.3 is 0 Å². The van der Waals surface area contributed by atoms with Gasteiger partial charge in [0.15, 0.2) is 0 Å². The Hall–Kier alpha value is 73.2. The third kappa shape index (κ3) is 925. The van der Waals surface area contributed by atoms with E-state index < -0.39 is 0 Å². The number of rotatable bonds is 0. The molecule has 90 radical (unpaired) electrons. The fraction of sp³-hybridized carbons (Fsp3) is 0. The fourth-order valence-electron chi connectivity index (χ4n) is 0. The SMILES string of the molecule is [Ag].[Ag].[Ag].[Ag].[Ag].[Ag].[Ag].[Ag].[Ag].[Ag].[Ag].[Ag].[Ag].[Ag].[Ag].[Ag].[Ag].[Ag].[Ag].[Ag].[Ag].[Ag].[Ag].[Ag].[Ag].[Ag].[Ag].[Ag].[Ag].[Ag].[Ag].[Ag].[Ag].[Ag].[Ag].[Ag].[Ag].[Ag].[Ag].[Ag].[Ag].[Ag].[Ag].[Ag].[Ag].[Ag].[Ag].[Ag].[Ag].[Ag].[Ag].[Ag].[Ag].[Ag].[Ag].[Ag].[Ag].[Ag].[Ag].[Ag].[Ag].[Ag].[Ag].[Ag].[Ag].[Ag].[Ag].[Ag].[Ag].[Ag].[Ag].[Ag].[Ag].[Ag].[Ag].[Ag].[Ag].[Ag].[Ag].[Ag].[Ag].[Ag].[Ag].[Ag].[Ag].[Ag].[Ag].[Ag].[Ag].[Ag].[Pd].[Pd].[Pd].[Pd].[Pd].[Pd].[Pd].[Pd].[Pd].[Pd]. The maximum Gasteiger partial charge on any atom is 0 e. The Morgan fingerprint density at radius 3 is 0.0200 bits per heavy atom. The van der Waals surface area contributed by atoms with Crippen LogP contribution in [0.4, 0.5) is 0 Å². The molecule has 0 fully saturated rings. The molecule has 0 aliphatic rings. The zero-order chi connectivity index (χ0) is 0. The van der Waals surface area contributed by atoms with Gasteiger partial charge in [-0.05, 0) is 0 Å². The summed E-state index contributed by atoms with van der Waals surface area (Å²) in [5, 5.41) is 0. The summed E-state index contributed by atoms with van der Waals surface area (Å²) in [6.07, 6.45) is 0. The Bertz CT molecular complexity index is 46.9. The molecule has 0 saturated carbocycles. The zero-order valence-electron chi connectivity index (χ0n) is 30.3. The summed E-state index contributed by atoms with van der Waals surface area (Å²) in [6.45, 7) is 0. The molecule has 100 heavy (non-hydrogen) atoms. The summed E-state index contributed by atoms with van der Waals surface area (Å²) in [6, 6.07) is 0. The predicted molar refractivity (Wildman–Crippen MR) is 0 cm³/mol. The number of hydrogen-bond donors (Lipinski definition) is 0. The van der Waals surface area contributed by atoms with Crippen LogP contribution < -0.4 is 0 Å². The van der Waals surface area contributed by atoms with E-state index in [9.17, 15) is 0 Å². The molecular formula is Ag90Pd10. The molecule has 1090 valence electrons. The first-order valence-electron chi connectivity index (χ1n) is 0. The summed E-state index contributed by atoms with van der Waals surface area (Å²) in [4.78, 5) is 0. The molecule has 0 heterocycles. The normalized spacial score (nSPS) is 0. The smallest absolute Gasteiger partial charge is 0 e. The van der Waals surface area contributed by atoms with Crippen molar-refractivity contribution in [1.29, 1.82) is 0 Å². The van der Waals surface area contributed by atoms with Crippen LogP contribution in [-0.2, 0) is 2220 Å². The monoisotopic (exact) mass is 10700 g/mol. The Morgan fingerprint density at radius 1 is 0.0200 bits per heavy atom. The molecule has 0 nitrogen and oxygen atoms in total. The van der Waals surface area contributed by atoms with Gasteiger partial charge in [-0.15, -0.1) is 0 Å². The Kier molecular flexibility index (Phi) is 9020. The van der Waals surface area contributed by atoms with Crippen LogP contribution in [0.15, 0.2) is 0 Å². The van der Waals surface area contributed by atoms with Gasteiger partial charge in [0.2, 0.25) is 0 Å². The van der Waals surface area contributed by atoms with E-state index in [1.807, 2.05) is 0 Å². The van der Waals surface area contributed by atoms with Crippen molar-refractivity contribution in [3.63, 3.8) is 0 Å². The van der Waals surface area contributed by atoms with Gasteiger partial charge in [-0.3, -0.25) is 0 Å². The second-order valence-corrected chi connectivity index (χ2v) is 0. The van der Waals surface area contributed by atoms with E-state index in [1.165, 1.54) is 0 Å². The van der Waals surface area contributed by atoms with Crippen molar-refractivity contribution in [1.82, 2.24) is 0 Å². The van der Waals surface area contributed by atoms with E-state index in [0.29, 0.717) is 0 Å². The first-order valence-corrected chi connectivity index (χ1v) is 0. The molecule has 0 spiro atoms. The molecule has 0 aliphatic heterocycles. The van der Waals surface area contributed by atoms with Crippen LogP contribution in [0.3, 0.4) is 0 Å². The van der Waals surface area contributed by atoms with Gasteiger partial charge in [0.1, 0.15) is 0 Å². The standard InChI is InChI=1S/90Ag.10Pd. The molecule has 0 aromatic carbocycles. The molecular weight excluding hydrogens is 10800 g/mol. The summed E-state index contributed by atoms with van der Waals surface area (Å²) in [7, 11) is 0. The molecule has 0 rings (SSSR count). The summed E-state index contributed by atoms with van der Waals surface area (Å²) >= 11 is 0. The van der Waals surface area contributed by atoms with Gasteiger partial charge in [-0.2, -0.15) is 0 Å². The van der Waals surface area contributed by atoms with Crippen LogP contribution >= 0.6 is 0 Å². The van der Waals surface area contributed by atoms with Gasteiger partial charge in [0.25, 0.3) is 0 Å². The van der Waals surface area contributed by atoms with Crippen molar-refractivity contribution in [2.24, 2.45) is 0 Å². The third-order valence-electron chi connectivity index (χ3n) is 0. The van der Waals surface area contributed by atoms with Gasteiger partial charge >= 0.3 is 0 Å². The molecule has 0 saturated heterocycles. The first kappa shape index (κ1) is 958. The van der Waals surface area contributed by atoms with Crippen molar-refractivity contribution in [2.45, 2.75) is 0 Å². The molecule has 0 aromatic heterocycles. The minimum absolute atomic E-state index is 0. The second-order valence-electron chi connectivity index (χ2n) is 0. The van der Waals surface area contributed by atoms with E-state index in [2.05, 4.69) is 0 Å². The fourth-order valence-corrected chi connectivity index (χ4v) is 0. The number of hydrogen-bond acceptors (Lipinski definition) is 0. The summed E-state index contributed by atoms with van der Waals surface area (Å²) < 4.78 is 0. The van der Waals surface area contributed by atoms with Crippen LogP contribution in [-0.4, -0.2) is 0 Å². The Labute approximate surface area is 2150 Å². The van der Waals surface area contributed by atoms with Crippen molar-refractivity contribution in [3.8, 4) is 0 Å². The quantitative estimate of drug-likeness (QED) is 0.295. The van der Waals surface area contributed by atoms with Crippen LogP contribution in [0.5, 0.6) is 0 Å². The minimum Gasteiger partial charge on any atom is 0 e. The zero-order valence-corrected chi connectivity index (χ0v) is 179. The topological polar surface area (TPSA) is 0 Å². The van der Waals surface area contributed by atoms with E-state index >= 15 is 0 Å². The Balaban J connectivity index is 0. The van der Waals surface area contributed by atoms with E-state index in [0.717, 1.165) is 0 Å². The average molecular weight is 10800 g/mol. The largest absolute Gasteiger partial charge is 0 e. The molecule has 100 heteroatoms. The van der Waals surface area contributed by atoms with E-state index in [1.54, 1.807) is 0 Å². The van der Waals surface area contributed by atoms with E-state index in [-0.39, 0.29) is 2220 Å². The summed E-state index contributed by atoms with van der Waals surface area (Å²) in [5.74, 6) is 0. The minimum atomic E-state index is 0. The van der Waals surface area contributed by atoms with Crippen molar-refractivity contribution >= 4 is 0 Å². The summed E-state index contributed by atoms with van der Waals surface area (Å²) in [5.41, 5.74) is 0. The van der Waals surface area contributed by atoms with Gasteiger partial charge in [-0.25, -0.2) is 0 Å². The molecule has 0 aromatic rings. The predicted octanol–water partition coefficient (Wildman–Crippen LogP) is -0.250. The Morgan fingerprint density at radius 2 is 0.0200 bits per heavy atom. The van der Waals surface area contributed by atoms with Gasteiger partial charge in [0.05, 0.1) is 0 Å². The maximum atomic E-state index is 0. The van der Waals surface area contributed by atoms with Crippen molar-refractivity contribution in [2.75, 3.05) is 0 Å². The van der Waals surface area contributed by atoms with Crippen LogP contribution in [0.25, 0.3) is 0 Å². The molecule has 0 unspecified atom stereocenters. The van der Waals surface area contributed by atoms with Gasteiger partial charge in [0, 0.05) is 2220 Å². The van der Waals surface area contributed by atoms with E-state index in [4.69, 9.17) is 0 Å². The van der Waals surface area contributed by atoms with Crippen molar-refractivity contribution in [3.05, 3.63) is 0 Å². The first-order chi connectivity index (χ1) is 0. The second kappa shape index (κ2) is 941. The molecule has 0 atom stereocenters. The molecule has 0 amide bonds. The van der Waals surface area contributed by atoms with Crippen LogP contribution in [0, 0.1) is 0 Å². The average Bonchev–Trinajstić information content (AvgIpc) is 0. The third-order valence-corrected chi connectivity index (χ3v) is 0. The van der Waals surface area contributed by atoms with Crippen LogP contribution in [0.2, 0.25) is 0 Å². The van der Waals surface area contributed by atoms with Gasteiger partial charge in [-0.1, -0.05) is 0 Å². The van der Waals surface area contributed by atoms with Crippen molar-refractivity contribution < 1.29 is 2220 Å². The maximum absolute atomic E-state index is 0.